The lowest BCUT2D eigenvalue weighted by Gasteiger charge is -1.91. The lowest BCUT2D eigenvalue weighted by Crippen LogP contribution is -1.83. The second-order valence-corrected chi connectivity index (χ2v) is 4.63. The van der Waals surface area contributed by atoms with Gasteiger partial charge in [-0.2, -0.15) is 0 Å². The Morgan fingerprint density at radius 1 is 1.67 bits per heavy atom. The Morgan fingerprint density at radius 2 is 2.42 bits per heavy atom. The Kier molecular flexibility index (Phi) is 2.27. The maximum atomic E-state index is 4.44. The van der Waals surface area contributed by atoms with Crippen molar-refractivity contribution in [1.29, 1.82) is 0 Å². The van der Waals surface area contributed by atoms with E-state index in [2.05, 4.69) is 53.5 Å². The Morgan fingerprint density at radius 3 is 3.00 bits per heavy atom. The quantitative estimate of drug-likeness (QED) is 0.738. The monoisotopic (exact) mass is 308 g/mol. The van der Waals surface area contributed by atoms with Gasteiger partial charge in [0.05, 0.1) is 5.69 Å². The highest BCUT2D eigenvalue weighted by molar-refractivity contribution is 9.10. The van der Waals surface area contributed by atoms with E-state index in [0.717, 1.165) is 20.6 Å². The van der Waals surface area contributed by atoms with Crippen molar-refractivity contribution in [2.75, 3.05) is 0 Å². The second kappa shape index (κ2) is 3.12. The average molecular weight is 310 g/mol. The first-order valence-electron chi connectivity index (χ1n) is 3.41. The molecule has 0 radical (unpaired) electrons. The van der Waals surface area contributed by atoms with Gasteiger partial charge >= 0.3 is 0 Å². The molecule has 64 valence electrons. The minimum Gasteiger partial charge on any atom is -0.282 e. The van der Waals surface area contributed by atoms with Gasteiger partial charge in [0.15, 0.2) is 4.96 Å². The highest BCUT2D eigenvalue weighted by atomic mass is 79.9. The number of aromatic nitrogens is 2. The van der Waals surface area contributed by atoms with Crippen molar-refractivity contribution in [3.63, 3.8) is 0 Å². The summed E-state index contributed by atoms with van der Waals surface area (Å²) >= 11 is 8.58. The number of hydrogen-bond acceptors (Lipinski definition) is 2. The third-order valence-electron chi connectivity index (χ3n) is 1.67. The number of alkyl halides is 1. The van der Waals surface area contributed by atoms with E-state index >= 15 is 0 Å². The maximum absolute atomic E-state index is 4.44. The van der Waals surface area contributed by atoms with Gasteiger partial charge in [-0.3, -0.25) is 4.40 Å². The topological polar surface area (TPSA) is 17.3 Å². The fourth-order valence-corrected chi connectivity index (χ4v) is 3.53. The first-order valence-corrected chi connectivity index (χ1v) is 6.20. The van der Waals surface area contributed by atoms with E-state index in [4.69, 9.17) is 0 Å². The number of imidazole rings is 1. The van der Waals surface area contributed by atoms with Crippen molar-refractivity contribution < 1.29 is 0 Å². The smallest absolute Gasteiger partial charge is 0.195 e. The molecule has 0 bridgehead atoms. The summed E-state index contributed by atoms with van der Waals surface area (Å²) in [5, 5.41) is 2.90. The summed E-state index contributed by atoms with van der Waals surface area (Å²) in [5.74, 6) is 0. The van der Waals surface area contributed by atoms with Crippen LogP contribution in [0.15, 0.2) is 9.98 Å². The summed E-state index contributed by atoms with van der Waals surface area (Å²) in [5.41, 5.74) is 2.28. The van der Waals surface area contributed by atoms with Gasteiger partial charge in [0.2, 0.25) is 0 Å². The number of thiazole rings is 1. The van der Waals surface area contributed by atoms with Crippen molar-refractivity contribution in [3.8, 4) is 0 Å². The van der Waals surface area contributed by atoms with Gasteiger partial charge in [-0.1, -0.05) is 15.9 Å². The van der Waals surface area contributed by atoms with Gasteiger partial charge in [-0.15, -0.1) is 11.3 Å². The summed E-state index contributed by atoms with van der Waals surface area (Å²) < 4.78 is 3.18. The molecule has 12 heavy (non-hydrogen) atoms. The molecule has 0 saturated heterocycles. The number of rotatable bonds is 1. The van der Waals surface area contributed by atoms with Crippen molar-refractivity contribution in [2.24, 2.45) is 0 Å². The Balaban J connectivity index is 2.80. The van der Waals surface area contributed by atoms with Crippen LogP contribution in [-0.4, -0.2) is 9.38 Å². The molecular formula is C7H6Br2N2S. The van der Waals surface area contributed by atoms with Crippen LogP contribution >= 0.6 is 43.2 Å². The molecule has 5 heteroatoms. The van der Waals surface area contributed by atoms with Crippen molar-refractivity contribution in [1.82, 2.24) is 9.38 Å². The van der Waals surface area contributed by atoms with E-state index < -0.39 is 0 Å². The fraction of sp³-hybridized carbons (Fsp3) is 0.286. The molecule has 2 rings (SSSR count). The second-order valence-electron chi connectivity index (χ2n) is 2.48. The van der Waals surface area contributed by atoms with Crippen molar-refractivity contribution >= 4 is 48.2 Å². The molecule has 0 amide bonds. The lowest BCUT2D eigenvalue weighted by molar-refractivity contribution is 1.09. The Bertz CT molecular complexity index is 418. The van der Waals surface area contributed by atoms with E-state index in [-0.39, 0.29) is 0 Å². The van der Waals surface area contributed by atoms with Gasteiger partial charge in [-0.25, -0.2) is 4.98 Å². The fourth-order valence-electron chi connectivity index (χ4n) is 1.09. The predicted octanol–water partition coefficient (Wildman–Crippen LogP) is 3.36. The molecular weight excluding hydrogens is 304 g/mol. The SMILES string of the molecule is Cc1csc2nc(CBr)c(Br)n12. The minimum absolute atomic E-state index is 0.793. The molecule has 0 aliphatic rings. The van der Waals surface area contributed by atoms with Crippen LogP contribution in [0.3, 0.4) is 0 Å². The van der Waals surface area contributed by atoms with E-state index in [9.17, 15) is 0 Å². The zero-order valence-electron chi connectivity index (χ0n) is 6.34. The van der Waals surface area contributed by atoms with Crippen LogP contribution in [-0.2, 0) is 5.33 Å². The summed E-state index contributed by atoms with van der Waals surface area (Å²) in [6.45, 7) is 2.08. The van der Waals surface area contributed by atoms with Gasteiger partial charge in [0.1, 0.15) is 4.60 Å². The molecule has 0 atom stereocenters. The van der Waals surface area contributed by atoms with E-state index in [1.165, 1.54) is 5.69 Å². The molecule has 2 heterocycles. The maximum Gasteiger partial charge on any atom is 0.195 e. The average Bonchev–Trinajstić information content (AvgIpc) is 2.55. The van der Waals surface area contributed by atoms with Crippen LogP contribution in [0.5, 0.6) is 0 Å². The number of nitrogens with zero attached hydrogens (tertiary/aromatic N) is 2. The van der Waals surface area contributed by atoms with Crippen LogP contribution < -0.4 is 0 Å². The minimum atomic E-state index is 0.793. The standard InChI is InChI=1S/C7H6Br2N2S/c1-4-3-12-7-10-5(2-8)6(9)11(4)7/h3H,2H2,1H3. The number of halogens is 2. The molecule has 0 saturated carbocycles. The Hall–Kier alpha value is 0.130. The summed E-state index contributed by atoms with van der Waals surface area (Å²) in [4.78, 5) is 5.49. The first-order chi connectivity index (χ1) is 5.74. The molecule has 2 nitrogen and oxygen atoms in total. The van der Waals surface area contributed by atoms with Crippen LogP contribution in [0, 0.1) is 6.92 Å². The molecule has 0 unspecified atom stereocenters. The molecule has 0 aliphatic carbocycles. The predicted molar refractivity (Wildman–Crippen MR) is 58.1 cm³/mol. The molecule has 0 N–H and O–H groups in total. The third kappa shape index (κ3) is 1.15. The molecule has 2 aromatic heterocycles. The van der Waals surface area contributed by atoms with Crippen LogP contribution in [0.25, 0.3) is 4.96 Å². The van der Waals surface area contributed by atoms with Gasteiger partial charge in [0.25, 0.3) is 0 Å². The van der Waals surface area contributed by atoms with Crippen LogP contribution in [0.4, 0.5) is 0 Å². The normalized spacial score (nSPS) is 11.2. The van der Waals surface area contributed by atoms with Gasteiger partial charge in [-0.05, 0) is 22.9 Å². The van der Waals surface area contributed by atoms with E-state index in [0.29, 0.717) is 0 Å². The molecule has 0 aromatic carbocycles. The zero-order chi connectivity index (χ0) is 8.72. The summed E-state index contributed by atoms with van der Waals surface area (Å²) in [7, 11) is 0. The van der Waals surface area contributed by atoms with Crippen LogP contribution in [0.2, 0.25) is 0 Å². The van der Waals surface area contributed by atoms with Gasteiger partial charge in [0, 0.05) is 16.4 Å². The lowest BCUT2D eigenvalue weighted by atomic mass is 10.5. The van der Waals surface area contributed by atoms with Crippen molar-refractivity contribution in [3.05, 3.63) is 21.4 Å². The largest absolute Gasteiger partial charge is 0.282 e. The van der Waals surface area contributed by atoms with Crippen molar-refractivity contribution in [2.45, 2.75) is 12.3 Å². The van der Waals surface area contributed by atoms with Crippen LogP contribution in [0.1, 0.15) is 11.4 Å². The molecule has 0 fully saturated rings. The first kappa shape index (κ1) is 8.72. The van der Waals surface area contributed by atoms with E-state index in [1.807, 2.05) is 0 Å². The highest BCUT2D eigenvalue weighted by Gasteiger charge is 2.10. The van der Waals surface area contributed by atoms with E-state index in [1.54, 1.807) is 11.3 Å². The number of hydrogen-bond donors (Lipinski definition) is 0. The molecule has 0 aliphatic heterocycles. The Labute approximate surface area is 90.9 Å². The molecule has 2 aromatic rings. The zero-order valence-corrected chi connectivity index (χ0v) is 10.3. The molecule has 0 spiro atoms. The number of aryl methyl sites for hydroxylation is 1. The third-order valence-corrected chi connectivity index (χ3v) is 3.96. The summed E-state index contributed by atoms with van der Waals surface area (Å²) in [6.07, 6.45) is 0. The van der Waals surface area contributed by atoms with Gasteiger partial charge < -0.3 is 0 Å². The highest BCUT2D eigenvalue weighted by Crippen LogP contribution is 2.26. The number of fused-ring (bicyclic) bond motifs is 1. The summed E-state index contributed by atoms with van der Waals surface area (Å²) in [6, 6.07) is 0.